The van der Waals surface area contributed by atoms with Crippen LogP contribution in [0.3, 0.4) is 0 Å². The van der Waals surface area contributed by atoms with Crippen molar-refractivity contribution in [3.8, 4) is 34.9 Å². The Bertz CT molecular complexity index is 5520. The molecule has 18 rings (SSSR count). The Morgan fingerprint density at radius 1 is 0.383 bits per heavy atom. The zero-order valence-corrected chi connectivity index (χ0v) is 85.0. The fraction of sp³-hybridized carbons (Fsp3) is 0.667. The predicted molar refractivity (Wildman–Crippen MR) is 490 cm³/mol. The minimum absolute atomic E-state index is 0. The minimum Gasteiger partial charge on any atom is -0.540 e. The van der Waals surface area contributed by atoms with Crippen LogP contribution in [0.25, 0.3) is 33.1 Å². The summed E-state index contributed by atoms with van der Waals surface area (Å²) in [5.74, 6) is -13.0. The number of halogens is 6. The summed E-state index contributed by atoms with van der Waals surface area (Å²) >= 11 is 0. The SMILES string of the molecule is COc1ccc2nc3c(nc2c1)O[C@H]1CN(C(=O)[C@H](C2(C)CCOCC2)NC(=O)O[C@@H]2CCC[C@H]2CCCCC3(F)F)[C@H]([C-]=O)[C@@H]1C.COc1ccc2nc3c(nc2c1)O[C@H]1CN(C(=O)[C@H](C2(C)CCOCC2)NC(=O)O[C@@H]2C[C@H]2CCCCC3(F)F)[C@H]([C-]=O)[C@@H]1C.COc1ccc2nc3c(nc2c1)O[C@H]1CN(C(=O)[C@H](C2(C)CCOCC2)NC(=O)O[C@]2(C)C[C@H]2CCCCC3(F)F)[C@H]([C-]=O)[C@@H]1C.[HH].[HH].[HH].[V].[V].[V]. The Kier molecular flexibility index (Phi) is 35.1. The third-order valence-electron chi connectivity index (χ3n) is 31.0. The van der Waals surface area contributed by atoms with E-state index in [0.717, 1.165) is 12.8 Å². The first-order chi connectivity index (χ1) is 65.9. The van der Waals surface area contributed by atoms with Gasteiger partial charge in [0.2, 0.25) is 35.4 Å². The molecule has 12 aliphatic rings. The van der Waals surface area contributed by atoms with Gasteiger partial charge in [-0.05, 0) is 182 Å². The monoisotopic (exact) mass is 2090 g/mol. The van der Waals surface area contributed by atoms with E-state index in [1.165, 1.54) is 36.0 Å². The van der Waals surface area contributed by atoms with Crippen molar-refractivity contribution in [2.75, 3.05) is 80.6 Å². The van der Waals surface area contributed by atoms with Crippen LogP contribution in [-0.4, -0.2) is 252 Å². The second-order valence-electron chi connectivity index (χ2n) is 40.5. The zero-order chi connectivity index (χ0) is 98.1. The Hall–Kier alpha value is -9.08. The van der Waals surface area contributed by atoms with Crippen LogP contribution in [0.2, 0.25) is 0 Å². The molecule has 141 heavy (non-hydrogen) atoms. The molecule has 0 unspecified atom stereocenters. The molecule has 33 nitrogen and oxygen atoms in total. The molecule has 6 bridgehead atoms. The van der Waals surface area contributed by atoms with Gasteiger partial charge in [-0.15, -0.1) is 0 Å². The molecule has 771 valence electrons. The first kappa shape index (κ1) is 109. The van der Waals surface area contributed by atoms with Gasteiger partial charge in [0.25, 0.3) is 17.8 Å². The van der Waals surface area contributed by atoms with Crippen molar-refractivity contribution in [3.05, 3.63) is 71.7 Å². The number of alkyl carbamates (subject to hydrolysis) is 3. The van der Waals surface area contributed by atoms with Crippen LogP contribution >= 0.6 is 0 Å². The number of hydrogen-bond acceptors (Lipinski definition) is 27. The van der Waals surface area contributed by atoms with Crippen molar-refractivity contribution in [3.63, 3.8) is 0 Å². The van der Waals surface area contributed by atoms with Crippen LogP contribution < -0.4 is 44.4 Å². The van der Waals surface area contributed by atoms with Gasteiger partial charge in [-0.2, -0.15) is 26.3 Å². The number of carbonyl (C=O) groups is 6. The van der Waals surface area contributed by atoms with E-state index in [1.54, 1.807) is 75.4 Å². The number of rotatable bonds is 9. The van der Waals surface area contributed by atoms with Crippen molar-refractivity contribution in [2.45, 2.75) is 286 Å². The van der Waals surface area contributed by atoms with Crippen LogP contribution in [0.5, 0.6) is 34.9 Å². The molecule has 42 heteroatoms. The topological polar surface area (TPSA) is 388 Å². The van der Waals surface area contributed by atoms with E-state index >= 15 is 26.3 Å². The van der Waals surface area contributed by atoms with Crippen molar-refractivity contribution in [2.24, 2.45) is 51.8 Å². The van der Waals surface area contributed by atoms with Gasteiger partial charge in [-0.25, -0.2) is 63.1 Å². The van der Waals surface area contributed by atoms with Gasteiger partial charge in [0.1, 0.15) is 71.5 Å². The minimum atomic E-state index is -3.37. The normalized spacial score (nSPS) is 31.3. The summed E-state index contributed by atoms with van der Waals surface area (Å²) in [5.41, 5.74) is -2.86. The average molecular weight is 2090 g/mol. The number of benzene rings is 3. The smallest absolute Gasteiger partial charge is 0.408 e. The van der Waals surface area contributed by atoms with Crippen LogP contribution in [0.1, 0.15) is 218 Å². The summed E-state index contributed by atoms with van der Waals surface area (Å²) in [7, 11) is 4.47. The summed E-state index contributed by atoms with van der Waals surface area (Å²) in [6.07, 6.45) is 9.62. The van der Waals surface area contributed by atoms with Crippen LogP contribution in [0.15, 0.2) is 54.6 Å². The molecule has 3 aromatic heterocycles. The third-order valence-corrected chi connectivity index (χ3v) is 31.0. The van der Waals surface area contributed by atoms with Gasteiger partial charge >= 0.3 is 18.3 Å². The van der Waals surface area contributed by atoms with Crippen molar-refractivity contribution < 1.29 is 186 Å². The third kappa shape index (κ3) is 23.9. The van der Waals surface area contributed by atoms with E-state index < -0.39 is 184 Å². The first-order valence-corrected chi connectivity index (χ1v) is 48.4. The van der Waals surface area contributed by atoms with Gasteiger partial charge < -0.3 is 102 Å². The van der Waals surface area contributed by atoms with Gasteiger partial charge in [-0.3, -0.25) is 14.4 Å². The van der Waals surface area contributed by atoms with E-state index in [2.05, 4.69) is 45.9 Å². The quantitative estimate of drug-likeness (QED) is 0.0687. The zero-order valence-electron chi connectivity index (χ0n) is 80.8. The van der Waals surface area contributed by atoms with Crippen molar-refractivity contribution >= 4 is 88.0 Å². The van der Waals surface area contributed by atoms with E-state index in [9.17, 15) is 43.2 Å². The van der Waals surface area contributed by atoms with E-state index in [0.29, 0.717) is 170 Å². The Labute approximate surface area is 854 Å². The standard InChI is InChI=1S/C34H43F2N4O7.C33H41F2N4O7.C32H39F2N4O7.3V.3H2/c1-20-25(19-41)40-18-27(20)46-30-28(37-23-11-10-22(44-3)17-24(23)38-30)34(35,36)12-5-4-7-21-8-6-9-26(21)47-32(43)39-29(31(40)42)33(2)13-15-45-16-14-33;1-19-24(18-40)39-17-25(19)45-28-26(36-22-9-8-21(43-4)15-23(22)37-28)33(34,35)10-6-5-7-20-16-32(20,3)46-30(42)38-27(29(39)41)31(2)11-13-44-14-12-31;1-18-23(17-39)38-16-25(18)44-28-26(35-21-8-7-20(42-3)15-22(21)36-28)32(33,34)9-5-4-6-19-14-24(19)45-30(41)37-27(29(38)40)31(2)10-12-43-13-11-31;;;;;;/h10-11,17,20-21,25-27,29H,4-9,12-16,18H2,1-3H3,(H,39,43);8-9,15,19-20,24-25,27H,5-7,10-14,16-17H2,1-4H3,(H,38,42);7-8,15,18-19,23-25,27H,4-6,9-14,16H2,1-3H3,(H,37,41);;;;3*1H/q3*-1;;;;;;/t20-,21+,25+,26+,27-,29+;19-,20+,24+,25-,27+,32+;18-,19+,23+,24+,25-,27+;;;;;;/m000....../s1. The molecule has 3 aromatic carbocycles. The van der Waals surface area contributed by atoms with Gasteiger partial charge in [0.05, 0.1) is 74.1 Å². The fourth-order valence-electron chi connectivity index (χ4n) is 21.5. The van der Waals surface area contributed by atoms with Crippen LogP contribution in [-0.2, 0) is 131 Å². The molecule has 6 saturated heterocycles. The number of nitrogens with one attached hydrogen (secondary N) is 3. The maximum atomic E-state index is 16.0. The van der Waals surface area contributed by atoms with E-state index in [4.69, 9.17) is 56.8 Å². The molecule has 12 heterocycles. The molecular formula is C99H129F6N12O21V3-3. The fourth-order valence-corrected chi connectivity index (χ4v) is 21.5. The largest absolute Gasteiger partial charge is 0.540 e. The second-order valence-corrected chi connectivity index (χ2v) is 40.5. The molecule has 18 atom stereocenters. The number of alkyl halides is 6. The second kappa shape index (κ2) is 45.3. The Balaban J connectivity index is 0.000000217. The molecule has 3 aliphatic carbocycles. The van der Waals surface area contributed by atoms with Crippen LogP contribution in [0, 0.1) is 51.8 Å². The van der Waals surface area contributed by atoms with Gasteiger partial charge in [-0.1, -0.05) is 78.9 Å². The predicted octanol–water partition coefficient (Wildman–Crippen LogP) is 14.8. The summed E-state index contributed by atoms with van der Waals surface area (Å²) in [6.45, 7) is 14.8. The molecule has 3 N–H and O–H groups in total. The van der Waals surface area contributed by atoms with Gasteiger partial charge in [0, 0.05) is 159 Å². The number of aromatic nitrogens is 6. The number of hydrogen-bond donors (Lipinski definition) is 3. The molecule has 3 radical (unpaired) electrons. The average Bonchev–Trinajstić information content (AvgIpc) is 0.889. The number of ether oxygens (including phenoxy) is 12. The number of carbonyl (C=O) groups excluding carboxylic acids is 9. The maximum absolute atomic E-state index is 16.0. The van der Waals surface area contributed by atoms with Gasteiger partial charge in [0.15, 0.2) is 17.1 Å². The number of methoxy groups -OCH3 is 3. The number of nitrogens with zero attached hydrogens (tertiary/aromatic N) is 9. The molecule has 9 fully saturated rings. The molecule has 9 aliphatic heterocycles. The number of amides is 6. The van der Waals surface area contributed by atoms with Crippen molar-refractivity contribution in [1.82, 2.24) is 60.6 Å². The molecule has 6 aromatic rings. The summed E-state index contributed by atoms with van der Waals surface area (Å²) in [5, 5.41) is 8.56. The molecule has 6 amide bonds. The maximum Gasteiger partial charge on any atom is 0.408 e. The number of fused-ring (bicyclic) bond motifs is 15. The first-order valence-electron chi connectivity index (χ1n) is 48.4. The summed E-state index contributed by atoms with van der Waals surface area (Å²) in [6, 6.07) is 8.14. The Morgan fingerprint density at radius 2 is 0.702 bits per heavy atom. The summed E-state index contributed by atoms with van der Waals surface area (Å²) in [4.78, 5) is 150. The molecule has 0 spiro atoms. The summed E-state index contributed by atoms with van der Waals surface area (Å²) < 4.78 is 164. The van der Waals surface area contributed by atoms with Crippen LogP contribution in [0.4, 0.5) is 40.7 Å². The van der Waals surface area contributed by atoms with E-state index in [-0.39, 0.29) is 163 Å². The molecule has 3 saturated carbocycles. The van der Waals surface area contributed by atoms with E-state index in [1.807, 2.05) is 46.6 Å². The Morgan fingerprint density at radius 3 is 1.04 bits per heavy atom. The van der Waals surface area contributed by atoms with Crippen molar-refractivity contribution in [1.29, 1.82) is 0 Å². The molecular weight excluding hydrogens is 1960 g/mol.